The van der Waals surface area contributed by atoms with Crippen molar-refractivity contribution in [2.24, 2.45) is 0 Å². The molecule has 1 N–H and O–H groups in total. The number of nitrogens with one attached hydrogen (secondary N) is 1. The summed E-state index contributed by atoms with van der Waals surface area (Å²) in [6, 6.07) is 2.91. The van der Waals surface area contributed by atoms with Gasteiger partial charge in [-0.05, 0) is 49.7 Å². The number of thiophene rings is 1. The van der Waals surface area contributed by atoms with Crippen LogP contribution in [0.1, 0.15) is 37.1 Å². The van der Waals surface area contributed by atoms with Crippen LogP contribution in [-0.2, 0) is 6.42 Å². The lowest BCUT2D eigenvalue weighted by atomic mass is 10.1. The van der Waals surface area contributed by atoms with Crippen LogP contribution in [0, 0.1) is 6.92 Å². The van der Waals surface area contributed by atoms with Crippen LogP contribution < -0.4 is 5.32 Å². The maximum atomic E-state index is 3.52. The van der Waals surface area contributed by atoms with Crippen LogP contribution in [0.15, 0.2) is 11.4 Å². The van der Waals surface area contributed by atoms with E-state index in [4.69, 9.17) is 0 Å². The van der Waals surface area contributed by atoms with Gasteiger partial charge in [0, 0.05) is 10.9 Å². The molecule has 1 nitrogen and oxygen atoms in total. The highest BCUT2D eigenvalue weighted by molar-refractivity contribution is 7.10. The van der Waals surface area contributed by atoms with Crippen molar-refractivity contribution in [1.82, 2.24) is 5.32 Å². The van der Waals surface area contributed by atoms with Crippen LogP contribution in [0.3, 0.4) is 0 Å². The van der Waals surface area contributed by atoms with Crippen molar-refractivity contribution in [3.63, 3.8) is 0 Å². The van der Waals surface area contributed by atoms with E-state index >= 15 is 0 Å². The minimum Gasteiger partial charge on any atom is -0.314 e. The average molecular weight is 211 g/mol. The average Bonchev–Trinajstić information content (AvgIpc) is 2.59. The second-order valence-corrected chi connectivity index (χ2v) is 4.73. The lowest BCUT2D eigenvalue weighted by Gasteiger charge is -2.15. The van der Waals surface area contributed by atoms with Crippen molar-refractivity contribution in [2.75, 3.05) is 6.54 Å². The minimum absolute atomic E-state index is 0.696. The van der Waals surface area contributed by atoms with Crippen molar-refractivity contribution in [3.05, 3.63) is 21.9 Å². The largest absolute Gasteiger partial charge is 0.314 e. The molecule has 0 amide bonds. The molecule has 1 unspecified atom stereocenters. The number of rotatable bonds is 6. The topological polar surface area (TPSA) is 12.0 Å². The molecule has 0 spiro atoms. The summed E-state index contributed by atoms with van der Waals surface area (Å²) in [5.41, 5.74) is 1.46. The first-order valence-electron chi connectivity index (χ1n) is 5.54. The third-order valence-electron chi connectivity index (χ3n) is 2.67. The van der Waals surface area contributed by atoms with Crippen LogP contribution >= 0.6 is 11.3 Å². The third kappa shape index (κ3) is 3.43. The quantitative estimate of drug-likeness (QED) is 0.760. The summed E-state index contributed by atoms with van der Waals surface area (Å²) in [5, 5.41) is 5.71. The van der Waals surface area contributed by atoms with Gasteiger partial charge in [0.05, 0.1) is 0 Å². The predicted octanol–water partition coefficient (Wildman–Crippen LogP) is 3.38. The first-order valence-corrected chi connectivity index (χ1v) is 6.42. The number of hydrogen-bond donors (Lipinski definition) is 1. The summed E-state index contributed by atoms with van der Waals surface area (Å²) >= 11 is 1.89. The first-order chi connectivity index (χ1) is 6.77. The Bertz CT molecular complexity index is 255. The molecule has 0 aliphatic carbocycles. The van der Waals surface area contributed by atoms with Gasteiger partial charge in [-0.1, -0.05) is 13.8 Å². The van der Waals surface area contributed by atoms with Gasteiger partial charge in [-0.15, -0.1) is 11.3 Å². The van der Waals surface area contributed by atoms with Gasteiger partial charge in [-0.3, -0.25) is 0 Å². The number of hydrogen-bond acceptors (Lipinski definition) is 2. The molecule has 0 radical (unpaired) electrons. The van der Waals surface area contributed by atoms with Crippen molar-refractivity contribution < 1.29 is 0 Å². The van der Waals surface area contributed by atoms with Crippen LogP contribution in [-0.4, -0.2) is 12.6 Å². The lowest BCUT2D eigenvalue weighted by Crippen LogP contribution is -2.28. The van der Waals surface area contributed by atoms with Gasteiger partial charge in [0.25, 0.3) is 0 Å². The zero-order valence-corrected chi connectivity index (χ0v) is 10.3. The highest BCUT2D eigenvalue weighted by atomic mass is 32.1. The summed E-state index contributed by atoms with van der Waals surface area (Å²) in [6.07, 6.45) is 3.74. The second-order valence-electron chi connectivity index (χ2n) is 3.73. The zero-order chi connectivity index (χ0) is 10.4. The first kappa shape index (κ1) is 11.7. The van der Waals surface area contributed by atoms with E-state index in [1.165, 1.54) is 24.8 Å². The van der Waals surface area contributed by atoms with Crippen molar-refractivity contribution >= 4 is 11.3 Å². The van der Waals surface area contributed by atoms with Gasteiger partial charge in [-0.2, -0.15) is 0 Å². The Balaban J connectivity index is 2.35. The molecule has 0 aromatic carbocycles. The standard InChI is InChI=1S/C12H21NS/c1-4-11(13-5-2)6-7-12-10(3)8-9-14-12/h8-9,11,13H,4-7H2,1-3H3. The third-order valence-corrected chi connectivity index (χ3v) is 3.76. The van der Waals surface area contributed by atoms with E-state index in [1.54, 1.807) is 4.88 Å². The Morgan fingerprint density at radius 2 is 2.21 bits per heavy atom. The summed E-state index contributed by atoms with van der Waals surface area (Å²) in [4.78, 5) is 1.56. The molecule has 14 heavy (non-hydrogen) atoms. The highest BCUT2D eigenvalue weighted by Crippen LogP contribution is 2.18. The molecule has 0 aliphatic rings. The number of aryl methyl sites for hydroxylation is 2. The molecular weight excluding hydrogens is 190 g/mol. The molecule has 1 aromatic heterocycles. The van der Waals surface area contributed by atoms with Gasteiger partial charge in [0.15, 0.2) is 0 Å². The van der Waals surface area contributed by atoms with E-state index in [2.05, 4.69) is 37.5 Å². The molecule has 2 heteroatoms. The fourth-order valence-electron chi connectivity index (χ4n) is 1.70. The van der Waals surface area contributed by atoms with Crippen LogP contribution in [0.5, 0.6) is 0 Å². The molecule has 1 aromatic rings. The fraction of sp³-hybridized carbons (Fsp3) is 0.667. The molecule has 80 valence electrons. The summed E-state index contributed by atoms with van der Waals surface area (Å²) < 4.78 is 0. The highest BCUT2D eigenvalue weighted by Gasteiger charge is 2.06. The Morgan fingerprint density at radius 1 is 1.43 bits per heavy atom. The van der Waals surface area contributed by atoms with E-state index in [0.717, 1.165) is 6.54 Å². The second kappa shape index (κ2) is 6.20. The molecule has 1 atom stereocenters. The molecule has 1 heterocycles. The van der Waals surface area contributed by atoms with Gasteiger partial charge in [0.2, 0.25) is 0 Å². The lowest BCUT2D eigenvalue weighted by molar-refractivity contribution is 0.482. The van der Waals surface area contributed by atoms with E-state index in [1.807, 2.05) is 11.3 Å². The van der Waals surface area contributed by atoms with E-state index in [9.17, 15) is 0 Å². The van der Waals surface area contributed by atoms with Crippen molar-refractivity contribution in [3.8, 4) is 0 Å². The molecule has 0 aliphatic heterocycles. The van der Waals surface area contributed by atoms with Crippen LogP contribution in [0.4, 0.5) is 0 Å². The molecule has 0 bridgehead atoms. The molecule has 1 rings (SSSR count). The SMILES string of the molecule is CCNC(CC)CCc1sccc1C. The van der Waals surface area contributed by atoms with E-state index in [-0.39, 0.29) is 0 Å². The fourth-order valence-corrected chi connectivity index (χ4v) is 2.63. The Hall–Kier alpha value is -0.340. The molecule has 0 fully saturated rings. The van der Waals surface area contributed by atoms with Gasteiger partial charge in [0.1, 0.15) is 0 Å². The maximum absolute atomic E-state index is 3.52. The van der Waals surface area contributed by atoms with E-state index in [0.29, 0.717) is 6.04 Å². The van der Waals surface area contributed by atoms with Crippen molar-refractivity contribution in [2.45, 2.75) is 46.1 Å². The Labute approximate surface area is 91.5 Å². The van der Waals surface area contributed by atoms with Gasteiger partial charge >= 0.3 is 0 Å². The Kier molecular flexibility index (Phi) is 5.20. The molecular formula is C12H21NS. The summed E-state index contributed by atoms with van der Waals surface area (Å²) in [5.74, 6) is 0. The minimum atomic E-state index is 0.696. The summed E-state index contributed by atoms with van der Waals surface area (Å²) in [6.45, 7) is 7.73. The zero-order valence-electron chi connectivity index (χ0n) is 9.47. The summed E-state index contributed by atoms with van der Waals surface area (Å²) in [7, 11) is 0. The molecule has 0 saturated heterocycles. The Morgan fingerprint density at radius 3 is 2.71 bits per heavy atom. The maximum Gasteiger partial charge on any atom is 0.00749 e. The van der Waals surface area contributed by atoms with E-state index < -0.39 is 0 Å². The van der Waals surface area contributed by atoms with Gasteiger partial charge < -0.3 is 5.32 Å². The van der Waals surface area contributed by atoms with Gasteiger partial charge in [-0.25, -0.2) is 0 Å². The normalized spacial score (nSPS) is 13.1. The van der Waals surface area contributed by atoms with Crippen LogP contribution in [0.2, 0.25) is 0 Å². The molecule has 0 saturated carbocycles. The van der Waals surface area contributed by atoms with Crippen molar-refractivity contribution in [1.29, 1.82) is 0 Å². The smallest absolute Gasteiger partial charge is 0.00749 e. The van der Waals surface area contributed by atoms with Crippen LogP contribution in [0.25, 0.3) is 0 Å². The predicted molar refractivity (Wildman–Crippen MR) is 65.1 cm³/mol. The monoisotopic (exact) mass is 211 g/mol.